The zero-order valence-corrected chi connectivity index (χ0v) is 13.3. The molecular formula is C16H21N3O4. The molecule has 23 heavy (non-hydrogen) atoms. The summed E-state index contributed by atoms with van der Waals surface area (Å²) in [6, 6.07) is 5.20. The second kappa shape index (κ2) is 6.45. The Morgan fingerprint density at radius 1 is 1.39 bits per heavy atom. The van der Waals surface area contributed by atoms with Gasteiger partial charge in [0.2, 0.25) is 5.91 Å². The van der Waals surface area contributed by atoms with Crippen molar-refractivity contribution in [3.05, 3.63) is 23.8 Å². The first-order valence-electron chi connectivity index (χ1n) is 7.65. The van der Waals surface area contributed by atoms with E-state index in [0.29, 0.717) is 37.7 Å². The van der Waals surface area contributed by atoms with E-state index in [0.717, 1.165) is 5.56 Å². The number of fused-ring (bicyclic) bond motifs is 3. The van der Waals surface area contributed by atoms with Crippen molar-refractivity contribution >= 4 is 17.6 Å². The first-order valence-corrected chi connectivity index (χ1v) is 7.65. The number of carbonyl (C=O) groups excluding carboxylic acids is 2. The molecule has 2 bridgehead atoms. The predicted octanol–water partition coefficient (Wildman–Crippen LogP) is 0.982. The maximum Gasteiger partial charge on any atom is 0.322 e. The molecule has 2 aliphatic rings. The largest absolute Gasteiger partial charge is 0.495 e. The number of methoxy groups -OCH3 is 1. The lowest BCUT2D eigenvalue weighted by Crippen LogP contribution is -2.46. The minimum atomic E-state index is -0.326. The highest BCUT2D eigenvalue weighted by molar-refractivity contribution is 5.92. The minimum absolute atomic E-state index is 0.0454. The molecule has 2 saturated heterocycles. The number of nitrogens with one attached hydrogen (secondary N) is 2. The lowest BCUT2D eigenvalue weighted by molar-refractivity contribution is -0.125. The van der Waals surface area contributed by atoms with Crippen molar-refractivity contribution in [3.63, 3.8) is 0 Å². The molecule has 7 nitrogen and oxygen atoms in total. The van der Waals surface area contributed by atoms with E-state index >= 15 is 0 Å². The van der Waals surface area contributed by atoms with Crippen LogP contribution in [0.2, 0.25) is 0 Å². The van der Waals surface area contributed by atoms with Crippen molar-refractivity contribution in [3.8, 4) is 5.75 Å². The zero-order chi connectivity index (χ0) is 16.4. The number of urea groups is 1. The summed E-state index contributed by atoms with van der Waals surface area (Å²) in [7, 11) is 1.57. The summed E-state index contributed by atoms with van der Waals surface area (Å²) in [5, 5.41) is 5.80. The van der Waals surface area contributed by atoms with Crippen LogP contribution in [0.15, 0.2) is 18.2 Å². The van der Waals surface area contributed by atoms with Gasteiger partial charge in [0.15, 0.2) is 0 Å². The number of nitrogens with zero attached hydrogens (tertiary/aromatic N) is 1. The van der Waals surface area contributed by atoms with Crippen molar-refractivity contribution in [1.82, 2.24) is 10.2 Å². The summed E-state index contributed by atoms with van der Waals surface area (Å²) in [6.45, 7) is 3.51. The third-order valence-electron chi connectivity index (χ3n) is 4.12. The molecule has 0 saturated carbocycles. The highest BCUT2D eigenvalue weighted by Gasteiger charge is 2.35. The van der Waals surface area contributed by atoms with Crippen LogP contribution in [0.1, 0.15) is 5.56 Å². The Balaban J connectivity index is 1.76. The molecule has 2 heterocycles. The highest BCUT2D eigenvalue weighted by Crippen LogP contribution is 2.26. The van der Waals surface area contributed by atoms with Crippen molar-refractivity contribution in [2.75, 3.05) is 38.7 Å². The van der Waals surface area contributed by atoms with Crippen LogP contribution in [0.3, 0.4) is 0 Å². The minimum Gasteiger partial charge on any atom is -0.495 e. The van der Waals surface area contributed by atoms with Crippen LogP contribution in [0, 0.1) is 12.8 Å². The SMILES string of the molecule is COc1ccc(C)cc1NC(=O)N1C[C@H]2COC[C@@H](C1)C(=O)N2. The lowest BCUT2D eigenvalue weighted by Gasteiger charge is -2.28. The number of anilines is 1. The normalized spacial score (nSPS) is 23.7. The molecule has 0 radical (unpaired) electrons. The van der Waals surface area contributed by atoms with Gasteiger partial charge < -0.3 is 25.0 Å². The molecule has 2 aliphatic heterocycles. The molecule has 0 aliphatic carbocycles. The van der Waals surface area contributed by atoms with E-state index in [2.05, 4.69) is 10.6 Å². The first kappa shape index (κ1) is 15.6. The fourth-order valence-corrected chi connectivity index (χ4v) is 2.91. The maximum absolute atomic E-state index is 12.6. The van der Waals surface area contributed by atoms with Crippen LogP contribution in [0.25, 0.3) is 0 Å². The average molecular weight is 319 g/mol. The summed E-state index contributed by atoms with van der Waals surface area (Å²) < 4.78 is 10.8. The Hall–Kier alpha value is -2.28. The molecule has 3 rings (SSSR count). The number of amides is 3. The topological polar surface area (TPSA) is 79.9 Å². The van der Waals surface area contributed by atoms with Crippen molar-refractivity contribution in [2.24, 2.45) is 5.92 Å². The van der Waals surface area contributed by atoms with Crippen LogP contribution in [-0.4, -0.2) is 56.3 Å². The fraction of sp³-hybridized carbons (Fsp3) is 0.500. The Labute approximate surface area is 134 Å². The van der Waals surface area contributed by atoms with Gasteiger partial charge in [-0.1, -0.05) is 6.07 Å². The molecule has 2 fully saturated rings. The molecule has 3 amide bonds. The van der Waals surface area contributed by atoms with E-state index in [1.807, 2.05) is 25.1 Å². The van der Waals surface area contributed by atoms with Gasteiger partial charge in [-0.05, 0) is 24.6 Å². The van der Waals surface area contributed by atoms with Gasteiger partial charge in [-0.15, -0.1) is 0 Å². The van der Waals surface area contributed by atoms with Crippen LogP contribution in [0.5, 0.6) is 5.75 Å². The average Bonchev–Trinajstić information content (AvgIpc) is 2.76. The second-order valence-electron chi connectivity index (χ2n) is 5.98. The Kier molecular flexibility index (Phi) is 4.38. The van der Waals surface area contributed by atoms with Crippen molar-refractivity contribution in [1.29, 1.82) is 0 Å². The first-order chi connectivity index (χ1) is 11.1. The van der Waals surface area contributed by atoms with E-state index in [9.17, 15) is 9.59 Å². The van der Waals surface area contributed by atoms with Gasteiger partial charge in [-0.3, -0.25) is 4.79 Å². The Morgan fingerprint density at radius 3 is 3.00 bits per heavy atom. The number of hydrogen-bond acceptors (Lipinski definition) is 4. The predicted molar refractivity (Wildman–Crippen MR) is 84.6 cm³/mol. The summed E-state index contributed by atoms with van der Waals surface area (Å²) in [5.41, 5.74) is 1.65. The molecule has 0 aromatic heterocycles. The van der Waals surface area contributed by atoms with Gasteiger partial charge in [0.1, 0.15) is 5.75 Å². The van der Waals surface area contributed by atoms with Gasteiger partial charge >= 0.3 is 6.03 Å². The molecule has 2 atom stereocenters. The summed E-state index contributed by atoms with van der Waals surface area (Å²) >= 11 is 0. The van der Waals surface area contributed by atoms with Gasteiger partial charge in [-0.25, -0.2) is 4.79 Å². The van der Waals surface area contributed by atoms with E-state index in [1.165, 1.54) is 0 Å². The third kappa shape index (κ3) is 3.39. The van der Waals surface area contributed by atoms with E-state index in [1.54, 1.807) is 12.0 Å². The highest BCUT2D eigenvalue weighted by atomic mass is 16.5. The second-order valence-corrected chi connectivity index (χ2v) is 5.98. The van der Waals surface area contributed by atoms with Gasteiger partial charge in [0, 0.05) is 13.1 Å². The number of benzene rings is 1. The fourth-order valence-electron chi connectivity index (χ4n) is 2.91. The third-order valence-corrected chi connectivity index (χ3v) is 4.12. The van der Waals surface area contributed by atoms with Gasteiger partial charge in [0.05, 0.1) is 38.0 Å². The Morgan fingerprint density at radius 2 is 2.22 bits per heavy atom. The lowest BCUT2D eigenvalue weighted by atomic mass is 10.1. The van der Waals surface area contributed by atoms with Gasteiger partial charge in [-0.2, -0.15) is 0 Å². The molecule has 7 heteroatoms. The molecule has 0 unspecified atom stereocenters. The molecule has 124 valence electrons. The number of carbonyl (C=O) groups is 2. The van der Waals surface area contributed by atoms with E-state index in [4.69, 9.17) is 9.47 Å². The standard InChI is InChI=1S/C16H21N3O4/c1-10-3-4-14(22-2)13(5-10)18-16(21)19-6-11-8-23-9-12(7-19)17-15(11)20/h3-5,11-12H,6-9H2,1-2H3,(H,17,20)(H,18,21)/t11-,12+/m1/s1. The van der Waals surface area contributed by atoms with Gasteiger partial charge in [0.25, 0.3) is 0 Å². The van der Waals surface area contributed by atoms with E-state index < -0.39 is 0 Å². The van der Waals surface area contributed by atoms with Crippen LogP contribution >= 0.6 is 0 Å². The molecule has 1 aromatic carbocycles. The Bertz CT molecular complexity index is 619. The number of hydrogen-bond donors (Lipinski definition) is 2. The molecular weight excluding hydrogens is 298 g/mol. The van der Waals surface area contributed by atoms with Crippen LogP contribution in [0.4, 0.5) is 10.5 Å². The number of aryl methyl sites for hydroxylation is 1. The van der Waals surface area contributed by atoms with Crippen LogP contribution in [-0.2, 0) is 9.53 Å². The number of rotatable bonds is 2. The summed E-state index contributed by atoms with van der Waals surface area (Å²) in [6.07, 6.45) is 0. The molecule has 0 spiro atoms. The number of ether oxygens (including phenoxy) is 2. The summed E-state index contributed by atoms with van der Waals surface area (Å²) in [5.74, 6) is 0.236. The van der Waals surface area contributed by atoms with Crippen molar-refractivity contribution in [2.45, 2.75) is 13.0 Å². The smallest absolute Gasteiger partial charge is 0.322 e. The van der Waals surface area contributed by atoms with Crippen LogP contribution < -0.4 is 15.4 Å². The maximum atomic E-state index is 12.6. The summed E-state index contributed by atoms with van der Waals surface area (Å²) in [4.78, 5) is 26.3. The molecule has 2 N–H and O–H groups in total. The zero-order valence-electron chi connectivity index (χ0n) is 13.3. The monoisotopic (exact) mass is 319 g/mol. The quantitative estimate of drug-likeness (QED) is 0.852. The molecule has 1 aromatic rings. The van der Waals surface area contributed by atoms with Crippen molar-refractivity contribution < 1.29 is 19.1 Å². The van der Waals surface area contributed by atoms with E-state index in [-0.39, 0.29) is 23.9 Å².